The van der Waals surface area contributed by atoms with Gasteiger partial charge in [0.05, 0.1) is 17.2 Å². The number of aromatic amines is 1. The molecule has 2 heterocycles. The predicted octanol–water partition coefficient (Wildman–Crippen LogP) is 2.93. The Morgan fingerprint density at radius 3 is 2.75 bits per heavy atom. The summed E-state index contributed by atoms with van der Waals surface area (Å²) in [5.74, 6) is 0.797. The molecule has 0 bridgehead atoms. The van der Waals surface area contributed by atoms with Crippen molar-refractivity contribution in [3.8, 4) is 11.3 Å². The van der Waals surface area contributed by atoms with Gasteiger partial charge in [-0.1, -0.05) is 30.3 Å². The van der Waals surface area contributed by atoms with E-state index in [-0.39, 0.29) is 0 Å². The van der Waals surface area contributed by atoms with Crippen LogP contribution in [0.3, 0.4) is 0 Å². The van der Waals surface area contributed by atoms with Gasteiger partial charge in [-0.2, -0.15) is 0 Å². The molecule has 1 N–H and O–H groups in total. The van der Waals surface area contributed by atoms with E-state index in [1.165, 1.54) is 0 Å². The lowest BCUT2D eigenvalue weighted by Gasteiger charge is -1.94. The van der Waals surface area contributed by atoms with Gasteiger partial charge in [-0.15, -0.1) is 0 Å². The number of benzene rings is 1. The topological polar surface area (TPSA) is 41.6 Å². The van der Waals surface area contributed by atoms with E-state index in [1.54, 1.807) is 0 Å². The van der Waals surface area contributed by atoms with Crippen molar-refractivity contribution in [2.75, 3.05) is 0 Å². The summed E-state index contributed by atoms with van der Waals surface area (Å²) in [6.45, 7) is 1.90. The van der Waals surface area contributed by atoms with Crippen molar-refractivity contribution < 1.29 is 0 Å². The number of aryl methyl sites for hydroxylation is 1. The van der Waals surface area contributed by atoms with Crippen molar-refractivity contribution in [1.29, 1.82) is 0 Å². The molecule has 3 heteroatoms. The maximum absolute atomic E-state index is 4.38. The molecular weight excluding hydrogens is 198 g/mol. The number of hydrogen-bond donors (Lipinski definition) is 1. The van der Waals surface area contributed by atoms with E-state index in [1.807, 2.05) is 31.3 Å². The molecule has 0 aliphatic carbocycles. The number of rotatable bonds is 1. The van der Waals surface area contributed by atoms with Gasteiger partial charge in [0.1, 0.15) is 5.82 Å². The Labute approximate surface area is 93.2 Å². The Balaban J connectivity index is 2.19. The van der Waals surface area contributed by atoms with Crippen LogP contribution < -0.4 is 0 Å². The highest BCUT2D eigenvalue weighted by molar-refractivity contribution is 5.81. The highest BCUT2D eigenvalue weighted by Gasteiger charge is 2.03. The smallest absolute Gasteiger partial charge is 0.126 e. The van der Waals surface area contributed by atoms with Crippen LogP contribution in [0.5, 0.6) is 0 Å². The minimum atomic E-state index is 0.797. The largest absolute Gasteiger partial charge is 0.352 e. The number of hydrogen-bond acceptors (Lipinski definition) is 2. The molecule has 78 valence electrons. The summed E-state index contributed by atoms with van der Waals surface area (Å²) in [5, 5.41) is 0. The van der Waals surface area contributed by atoms with Crippen LogP contribution in [0.25, 0.3) is 22.3 Å². The maximum atomic E-state index is 4.38. The second-order valence-electron chi connectivity index (χ2n) is 3.77. The monoisotopic (exact) mass is 209 g/mol. The zero-order valence-corrected chi connectivity index (χ0v) is 8.94. The van der Waals surface area contributed by atoms with Crippen LogP contribution in [0.2, 0.25) is 0 Å². The molecular formula is C13H11N3. The second-order valence-corrected chi connectivity index (χ2v) is 3.77. The Hall–Kier alpha value is -2.16. The third-order valence-electron chi connectivity index (χ3n) is 2.57. The maximum Gasteiger partial charge on any atom is 0.126 e. The third kappa shape index (κ3) is 1.46. The molecule has 1 aromatic carbocycles. The van der Waals surface area contributed by atoms with Crippen molar-refractivity contribution in [3.05, 3.63) is 48.4 Å². The van der Waals surface area contributed by atoms with Crippen molar-refractivity contribution >= 4 is 11.0 Å². The quantitative estimate of drug-likeness (QED) is 0.669. The summed E-state index contributed by atoms with van der Waals surface area (Å²) >= 11 is 0. The summed E-state index contributed by atoms with van der Waals surface area (Å²) in [7, 11) is 0. The van der Waals surface area contributed by atoms with Crippen molar-refractivity contribution in [2.45, 2.75) is 6.92 Å². The van der Waals surface area contributed by atoms with E-state index in [2.05, 4.69) is 33.2 Å². The van der Waals surface area contributed by atoms with E-state index in [4.69, 9.17) is 0 Å². The van der Waals surface area contributed by atoms with Gasteiger partial charge in [0.2, 0.25) is 0 Å². The van der Waals surface area contributed by atoms with Gasteiger partial charge in [0.15, 0.2) is 0 Å². The van der Waals surface area contributed by atoms with E-state index < -0.39 is 0 Å². The Kier molecular flexibility index (Phi) is 1.96. The van der Waals surface area contributed by atoms with Crippen LogP contribution in [0.4, 0.5) is 0 Å². The molecule has 2 aromatic heterocycles. The van der Waals surface area contributed by atoms with Crippen molar-refractivity contribution in [1.82, 2.24) is 15.0 Å². The summed E-state index contributed by atoms with van der Waals surface area (Å²) in [6.07, 6.45) is 1.82. The Morgan fingerprint density at radius 2 is 1.94 bits per heavy atom. The first-order valence-electron chi connectivity index (χ1n) is 5.21. The molecule has 0 spiro atoms. The van der Waals surface area contributed by atoms with Gasteiger partial charge in [0, 0.05) is 5.69 Å². The van der Waals surface area contributed by atoms with Crippen LogP contribution in [0, 0.1) is 6.92 Å². The zero-order chi connectivity index (χ0) is 11.0. The fourth-order valence-corrected chi connectivity index (χ4v) is 1.78. The van der Waals surface area contributed by atoms with Gasteiger partial charge < -0.3 is 4.98 Å². The molecule has 16 heavy (non-hydrogen) atoms. The summed E-state index contributed by atoms with van der Waals surface area (Å²) in [4.78, 5) is 11.9. The first-order chi connectivity index (χ1) is 7.83. The van der Waals surface area contributed by atoms with E-state index in [0.717, 1.165) is 28.1 Å². The lowest BCUT2D eigenvalue weighted by molar-refractivity contribution is 1.09. The van der Waals surface area contributed by atoms with Crippen LogP contribution in [0.15, 0.2) is 42.6 Å². The predicted molar refractivity (Wildman–Crippen MR) is 64.1 cm³/mol. The van der Waals surface area contributed by atoms with Gasteiger partial charge in [0.25, 0.3) is 0 Å². The molecule has 0 saturated carbocycles. The molecule has 0 aliphatic rings. The lowest BCUT2D eigenvalue weighted by atomic mass is 10.2. The van der Waals surface area contributed by atoms with Crippen LogP contribution in [-0.4, -0.2) is 15.0 Å². The summed E-state index contributed by atoms with van der Waals surface area (Å²) in [5.41, 5.74) is 4.18. The molecule has 0 amide bonds. The average molecular weight is 209 g/mol. The average Bonchev–Trinajstić information content (AvgIpc) is 2.73. The lowest BCUT2D eigenvalue weighted by Crippen LogP contribution is -1.84. The molecule has 3 nitrogen and oxygen atoms in total. The van der Waals surface area contributed by atoms with Gasteiger partial charge >= 0.3 is 0 Å². The highest BCUT2D eigenvalue weighted by atomic mass is 14.9. The molecule has 3 aromatic rings. The fraction of sp³-hybridized carbons (Fsp3) is 0.0769. The summed E-state index contributed by atoms with van der Waals surface area (Å²) < 4.78 is 0. The Bertz CT molecular complexity index is 626. The van der Waals surface area contributed by atoms with Gasteiger partial charge in [-0.05, 0) is 18.6 Å². The van der Waals surface area contributed by atoms with E-state index >= 15 is 0 Å². The molecule has 0 saturated heterocycles. The standard InChI is InChI=1S/C13H11N3/c1-9-14-8-13-12(15-9)7-11(16-13)10-5-3-2-4-6-10/h2-8,16H,1H3. The molecule has 0 aliphatic heterocycles. The fourth-order valence-electron chi connectivity index (χ4n) is 1.78. The summed E-state index contributed by atoms with van der Waals surface area (Å²) in [6, 6.07) is 12.3. The molecule has 0 radical (unpaired) electrons. The van der Waals surface area contributed by atoms with E-state index in [9.17, 15) is 0 Å². The number of nitrogens with zero attached hydrogens (tertiary/aromatic N) is 2. The number of nitrogens with one attached hydrogen (secondary N) is 1. The Morgan fingerprint density at radius 1 is 1.12 bits per heavy atom. The first-order valence-corrected chi connectivity index (χ1v) is 5.21. The normalized spacial score (nSPS) is 10.8. The second kappa shape index (κ2) is 3.45. The number of H-pyrrole nitrogens is 1. The van der Waals surface area contributed by atoms with Crippen LogP contribution in [-0.2, 0) is 0 Å². The molecule has 0 atom stereocenters. The number of fused-ring (bicyclic) bond motifs is 1. The number of aromatic nitrogens is 3. The zero-order valence-electron chi connectivity index (χ0n) is 8.94. The van der Waals surface area contributed by atoms with Crippen LogP contribution >= 0.6 is 0 Å². The van der Waals surface area contributed by atoms with Gasteiger partial charge in [-0.25, -0.2) is 9.97 Å². The SMILES string of the molecule is Cc1ncc2[nH]c(-c3ccccc3)cc2n1. The van der Waals surface area contributed by atoms with E-state index in [0.29, 0.717) is 0 Å². The minimum absolute atomic E-state index is 0.797. The highest BCUT2D eigenvalue weighted by Crippen LogP contribution is 2.22. The molecule has 3 rings (SSSR count). The van der Waals surface area contributed by atoms with Crippen LogP contribution in [0.1, 0.15) is 5.82 Å². The van der Waals surface area contributed by atoms with Crippen molar-refractivity contribution in [3.63, 3.8) is 0 Å². The van der Waals surface area contributed by atoms with Crippen molar-refractivity contribution in [2.24, 2.45) is 0 Å². The van der Waals surface area contributed by atoms with Gasteiger partial charge in [-0.3, -0.25) is 0 Å². The molecule has 0 fully saturated rings. The minimum Gasteiger partial charge on any atom is -0.352 e. The third-order valence-corrected chi connectivity index (χ3v) is 2.57. The first kappa shape index (κ1) is 9.09. The molecule has 0 unspecified atom stereocenters.